The highest BCUT2D eigenvalue weighted by atomic mass is 15.2. The van der Waals surface area contributed by atoms with Crippen LogP contribution < -0.4 is 4.90 Å². The summed E-state index contributed by atoms with van der Waals surface area (Å²) < 4.78 is 0. The van der Waals surface area contributed by atoms with Crippen molar-refractivity contribution in [2.75, 3.05) is 4.90 Å². The molecule has 8 aromatic rings. The fourth-order valence-corrected chi connectivity index (χ4v) is 8.39. The number of hydrogen-bond donors (Lipinski definition) is 0. The molecule has 6 nitrogen and oxygen atoms in total. The summed E-state index contributed by atoms with van der Waals surface area (Å²) in [6.07, 6.45) is 0. The first-order chi connectivity index (χ1) is 26.7. The Morgan fingerprint density at radius 3 is 1.31 bits per heavy atom. The minimum Gasteiger partial charge on any atom is -0.308 e. The van der Waals surface area contributed by atoms with E-state index in [1.165, 1.54) is 22.3 Å². The minimum absolute atomic E-state index is 0.319. The zero-order chi connectivity index (χ0) is 36.2. The number of nitriles is 2. The molecular weight excluding hydrogens is 661 g/mol. The van der Waals surface area contributed by atoms with Gasteiger partial charge in [-0.2, -0.15) is 10.5 Å². The van der Waals surface area contributed by atoms with E-state index in [0.29, 0.717) is 39.9 Å². The number of anilines is 3. The molecule has 0 amide bonds. The van der Waals surface area contributed by atoms with Gasteiger partial charge in [0.1, 0.15) is 6.07 Å². The first-order valence-corrected chi connectivity index (χ1v) is 17.7. The number of rotatable bonds is 4. The van der Waals surface area contributed by atoms with Crippen LogP contribution in [0.3, 0.4) is 0 Å². The minimum atomic E-state index is -0.589. The van der Waals surface area contributed by atoms with E-state index in [1.54, 1.807) is 6.07 Å². The van der Waals surface area contributed by atoms with Gasteiger partial charge >= 0.3 is 0 Å². The van der Waals surface area contributed by atoms with Crippen LogP contribution in [0.4, 0.5) is 17.1 Å². The number of aromatic nitrogens is 3. The summed E-state index contributed by atoms with van der Waals surface area (Å²) in [6, 6.07) is 62.1. The number of benzene rings is 7. The Morgan fingerprint density at radius 2 is 0.815 bits per heavy atom. The summed E-state index contributed by atoms with van der Waals surface area (Å²) in [5.41, 5.74) is 11.8. The van der Waals surface area contributed by atoms with Crippen LogP contribution in [-0.4, -0.2) is 15.0 Å². The highest BCUT2D eigenvalue weighted by molar-refractivity contribution is 5.97. The van der Waals surface area contributed by atoms with Gasteiger partial charge in [0, 0.05) is 16.7 Å². The topological polar surface area (TPSA) is 89.5 Å². The van der Waals surface area contributed by atoms with Crippen LogP contribution >= 0.6 is 0 Å². The molecule has 0 unspecified atom stereocenters. The van der Waals surface area contributed by atoms with Crippen molar-refractivity contribution < 1.29 is 0 Å². The lowest BCUT2D eigenvalue weighted by Gasteiger charge is -2.45. The standard InChI is InChI=1S/C48H28N6/c49-29-33-28-44(34(30-50)27-37(33)47-52-45(31-15-3-1-4-16-31)51-46(53-47)32-17-5-2-6-18-32)54-42-25-13-11-23-40(42)48(41-24-12-14-26-43(41)54)38-21-9-7-19-35(38)36-20-8-10-22-39(36)48/h1-28H. The smallest absolute Gasteiger partial charge is 0.165 e. The van der Waals surface area contributed by atoms with Crippen molar-refractivity contribution in [2.24, 2.45) is 0 Å². The molecule has 54 heavy (non-hydrogen) atoms. The molecule has 0 saturated carbocycles. The average Bonchev–Trinajstić information content (AvgIpc) is 3.54. The molecule has 0 N–H and O–H groups in total. The second kappa shape index (κ2) is 12.2. The van der Waals surface area contributed by atoms with E-state index in [-0.39, 0.29) is 0 Å². The van der Waals surface area contributed by atoms with Crippen molar-refractivity contribution in [1.82, 2.24) is 15.0 Å². The van der Waals surface area contributed by atoms with Crippen LogP contribution in [0, 0.1) is 22.7 Å². The number of para-hydroxylation sites is 2. The summed E-state index contributed by atoms with van der Waals surface area (Å²) in [6.45, 7) is 0. The van der Waals surface area contributed by atoms with Gasteiger partial charge in [-0.25, -0.2) is 15.0 Å². The van der Waals surface area contributed by atoms with Crippen LogP contribution in [0.1, 0.15) is 33.4 Å². The fraction of sp³-hybridized carbons (Fsp3) is 0.0208. The predicted molar refractivity (Wildman–Crippen MR) is 211 cm³/mol. The second-order valence-corrected chi connectivity index (χ2v) is 13.4. The van der Waals surface area contributed by atoms with Crippen LogP contribution in [0.15, 0.2) is 170 Å². The van der Waals surface area contributed by atoms with E-state index in [2.05, 4.69) is 102 Å². The van der Waals surface area contributed by atoms with Crippen molar-refractivity contribution in [3.63, 3.8) is 0 Å². The molecule has 2 aliphatic rings. The lowest BCUT2D eigenvalue weighted by molar-refractivity contribution is 0.752. The zero-order valence-corrected chi connectivity index (χ0v) is 28.8. The molecule has 0 radical (unpaired) electrons. The Bertz CT molecular complexity index is 2720. The van der Waals surface area contributed by atoms with E-state index in [4.69, 9.17) is 15.0 Å². The summed E-state index contributed by atoms with van der Waals surface area (Å²) in [5.74, 6) is 1.28. The normalized spacial score (nSPS) is 12.9. The van der Waals surface area contributed by atoms with E-state index in [0.717, 1.165) is 33.6 Å². The third-order valence-electron chi connectivity index (χ3n) is 10.6. The first kappa shape index (κ1) is 31.1. The molecule has 6 heteroatoms. The average molecular weight is 689 g/mol. The van der Waals surface area contributed by atoms with E-state index < -0.39 is 5.41 Å². The third kappa shape index (κ3) is 4.48. The number of hydrogen-bond acceptors (Lipinski definition) is 6. The summed E-state index contributed by atoms with van der Waals surface area (Å²) >= 11 is 0. The maximum atomic E-state index is 10.9. The summed E-state index contributed by atoms with van der Waals surface area (Å²) in [7, 11) is 0. The monoisotopic (exact) mass is 688 g/mol. The largest absolute Gasteiger partial charge is 0.308 e. The van der Waals surface area contributed by atoms with Gasteiger partial charge in [-0.3, -0.25) is 0 Å². The van der Waals surface area contributed by atoms with Gasteiger partial charge < -0.3 is 4.90 Å². The van der Waals surface area contributed by atoms with E-state index in [1.807, 2.05) is 78.9 Å². The van der Waals surface area contributed by atoms with Crippen LogP contribution in [0.2, 0.25) is 0 Å². The van der Waals surface area contributed by atoms with Gasteiger partial charge in [0.2, 0.25) is 0 Å². The number of nitrogens with zero attached hydrogens (tertiary/aromatic N) is 6. The molecular formula is C48H28N6. The maximum absolute atomic E-state index is 10.9. The molecule has 0 fully saturated rings. The van der Waals surface area contributed by atoms with E-state index in [9.17, 15) is 10.5 Å². The first-order valence-electron chi connectivity index (χ1n) is 17.7. The molecule has 0 atom stereocenters. The third-order valence-corrected chi connectivity index (χ3v) is 10.6. The van der Waals surface area contributed by atoms with Crippen molar-refractivity contribution in [3.8, 4) is 57.4 Å². The Morgan fingerprint density at radius 1 is 0.389 bits per heavy atom. The van der Waals surface area contributed by atoms with Crippen LogP contribution in [-0.2, 0) is 5.41 Å². The Hall–Kier alpha value is -7.67. The number of fused-ring (bicyclic) bond motifs is 9. The SMILES string of the molecule is N#Cc1cc(N2c3ccccc3C3(c4ccccc4-c4ccccc43)c3ccccc32)c(C#N)cc1-c1nc(-c2ccccc2)nc(-c2ccccc2)n1. The van der Waals surface area contributed by atoms with Crippen molar-refractivity contribution in [2.45, 2.75) is 5.41 Å². The van der Waals surface area contributed by atoms with Crippen LogP contribution in [0.25, 0.3) is 45.3 Å². The molecule has 7 aromatic carbocycles. The lowest BCUT2D eigenvalue weighted by Crippen LogP contribution is -2.36. The Kier molecular flexibility index (Phi) is 7.05. The molecule has 1 aromatic heterocycles. The molecule has 0 saturated heterocycles. The fourth-order valence-electron chi connectivity index (χ4n) is 8.39. The van der Waals surface area contributed by atoms with Gasteiger partial charge in [0.25, 0.3) is 0 Å². The molecule has 1 aliphatic carbocycles. The Labute approximate surface area is 312 Å². The summed E-state index contributed by atoms with van der Waals surface area (Å²) in [5, 5.41) is 21.7. The zero-order valence-electron chi connectivity index (χ0n) is 28.8. The van der Waals surface area contributed by atoms with Gasteiger partial charge in [0.05, 0.1) is 39.7 Å². The predicted octanol–water partition coefficient (Wildman–Crippen LogP) is 10.8. The molecule has 250 valence electrons. The molecule has 1 spiro atoms. The Balaban J connectivity index is 1.21. The highest BCUT2D eigenvalue weighted by Gasteiger charge is 2.51. The van der Waals surface area contributed by atoms with Gasteiger partial charge in [-0.05, 0) is 57.6 Å². The van der Waals surface area contributed by atoms with Gasteiger partial charge in [-0.15, -0.1) is 0 Å². The highest BCUT2D eigenvalue weighted by Crippen LogP contribution is 2.63. The van der Waals surface area contributed by atoms with Crippen LogP contribution in [0.5, 0.6) is 0 Å². The molecule has 0 bridgehead atoms. The molecule has 2 heterocycles. The van der Waals surface area contributed by atoms with E-state index >= 15 is 0 Å². The van der Waals surface area contributed by atoms with Gasteiger partial charge in [-0.1, -0.05) is 146 Å². The van der Waals surface area contributed by atoms with Crippen molar-refractivity contribution >= 4 is 17.1 Å². The van der Waals surface area contributed by atoms with Crippen molar-refractivity contribution in [3.05, 3.63) is 203 Å². The second-order valence-electron chi connectivity index (χ2n) is 13.4. The molecule has 10 rings (SSSR count). The lowest BCUT2D eigenvalue weighted by atomic mass is 9.64. The molecule has 1 aliphatic heterocycles. The quantitative estimate of drug-likeness (QED) is 0.183. The summed E-state index contributed by atoms with van der Waals surface area (Å²) in [4.78, 5) is 16.8. The maximum Gasteiger partial charge on any atom is 0.165 e. The van der Waals surface area contributed by atoms with Gasteiger partial charge in [0.15, 0.2) is 17.5 Å². The van der Waals surface area contributed by atoms with Crippen molar-refractivity contribution in [1.29, 1.82) is 10.5 Å².